The smallest absolute Gasteiger partial charge is 0.323 e. The number of rotatable bonds is 3. The second kappa shape index (κ2) is 6.43. The third-order valence-corrected chi connectivity index (χ3v) is 1.14. The molecule has 0 saturated carbocycles. The standard InChI is InChI=1S/C7H15NO2.ClH/c1-5(2)10-7(9)6(3)8-4;/h5-6,8H,1-4H3;1H. The fraction of sp³-hybridized carbons (Fsp3) is 0.857. The molecule has 0 rings (SSSR count). The highest BCUT2D eigenvalue weighted by molar-refractivity contribution is 5.85. The quantitative estimate of drug-likeness (QED) is 0.660. The summed E-state index contributed by atoms with van der Waals surface area (Å²) in [5, 5.41) is 2.80. The van der Waals surface area contributed by atoms with Crippen LogP contribution in [0.3, 0.4) is 0 Å². The predicted molar refractivity (Wildman–Crippen MR) is 47.0 cm³/mol. The summed E-state index contributed by atoms with van der Waals surface area (Å²) in [4.78, 5) is 10.9. The van der Waals surface area contributed by atoms with E-state index < -0.39 is 0 Å². The Hall–Kier alpha value is -0.280. The minimum Gasteiger partial charge on any atom is -0.462 e. The molecule has 1 unspecified atom stereocenters. The topological polar surface area (TPSA) is 38.3 Å². The number of likely N-dealkylation sites (N-methyl/N-ethyl adjacent to an activating group) is 1. The van der Waals surface area contributed by atoms with Gasteiger partial charge in [0.1, 0.15) is 6.04 Å². The van der Waals surface area contributed by atoms with Gasteiger partial charge in [-0.15, -0.1) is 12.4 Å². The van der Waals surface area contributed by atoms with E-state index in [1.54, 1.807) is 14.0 Å². The van der Waals surface area contributed by atoms with E-state index in [-0.39, 0.29) is 30.5 Å². The largest absolute Gasteiger partial charge is 0.462 e. The molecule has 0 amide bonds. The zero-order chi connectivity index (χ0) is 8.15. The molecule has 1 N–H and O–H groups in total. The van der Waals surface area contributed by atoms with E-state index in [0.29, 0.717) is 0 Å². The molecule has 0 saturated heterocycles. The maximum absolute atomic E-state index is 10.9. The van der Waals surface area contributed by atoms with Crippen LogP contribution in [0, 0.1) is 0 Å². The average Bonchev–Trinajstić information content (AvgIpc) is 1.85. The molecule has 0 aromatic rings. The summed E-state index contributed by atoms with van der Waals surface area (Å²) in [5.41, 5.74) is 0. The van der Waals surface area contributed by atoms with Crippen molar-refractivity contribution >= 4 is 18.4 Å². The number of carbonyl (C=O) groups is 1. The molecule has 0 radical (unpaired) electrons. The molecular formula is C7H16ClNO2. The second-order valence-corrected chi connectivity index (χ2v) is 2.50. The summed E-state index contributed by atoms with van der Waals surface area (Å²) < 4.78 is 4.90. The molecule has 11 heavy (non-hydrogen) atoms. The summed E-state index contributed by atoms with van der Waals surface area (Å²) in [5.74, 6) is -0.197. The molecule has 0 aromatic carbocycles. The Bertz CT molecular complexity index is 117. The molecule has 0 aliphatic heterocycles. The van der Waals surface area contributed by atoms with Gasteiger partial charge in [-0.2, -0.15) is 0 Å². The van der Waals surface area contributed by atoms with Gasteiger partial charge in [-0.05, 0) is 27.8 Å². The van der Waals surface area contributed by atoms with Gasteiger partial charge in [-0.1, -0.05) is 0 Å². The first-order valence-electron chi connectivity index (χ1n) is 3.45. The summed E-state index contributed by atoms with van der Waals surface area (Å²) in [6.45, 7) is 5.44. The molecule has 0 heterocycles. The molecule has 0 fully saturated rings. The van der Waals surface area contributed by atoms with Gasteiger partial charge in [0.25, 0.3) is 0 Å². The van der Waals surface area contributed by atoms with Gasteiger partial charge in [0, 0.05) is 0 Å². The third kappa shape index (κ3) is 6.13. The van der Waals surface area contributed by atoms with Crippen molar-refractivity contribution in [2.24, 2.45) is 0 Å². The lowest BCUT2D eigenvalue weighted by molar-refractivity contribution is -0.149. The molecule has 4 heteroatoms. The van der Waals surface area contributed by atoms with Crippen molar-refractivity contribution in [1.82, 2.24) is 5.32 Å². The van der Waals surface area contributed by atoms with Crippen LogP contribution >= 0.6 is 12.4 Å². The van der Waals surface area contributed by atoms with Crippen LogP contribution in [0.5, 0.6) is 0 Å². The fourth-order valence-corrected chi connectivity index (χ4v) is 0.452. The molecule has 0 bridgehead atoms. The fourth-order valence-electron chi connectivity index (χ4n) is 0.452. The lowest BCUT2D eigenvalue weighted by Crippen LogP contribution is -2.33. The molecular weight excluding hydrogens is 166 g/mol. The van der Waals surface area contributed by atoms with Crippen molar-refractivity contribution in [1.29, 1.82) is 0 Å². The van der Waals surface area contributed by atoms with Crippen molar-refractivity contribution in [3.8, 4) is 0 Å². The second-order valence-electron chi connectivity index (χ2n) is 2.50. The van der Waals surface area contributed by atoms with Gasteiger partial charge < -0.3 is 10.1 Å². The SMILES string of the molecule is CNC(C)C(=O)OC(C)C.Cl. The molecule has 68 valence electrons. The van der Waals surface area contributed by atoms with Crippen LogP contribution in [0.2, 0.25) is 0 Å². The summed E-state index contributed by atoms with van der Waals surface area (Å²) in [6.07, 6.45) is -0.0247. The molecule has 0 aliphatic carbocycles. The first-order valence-corrected chi connectivity index (χ1v) is 3.45. The Morgan fingerprint density at radius 1 is 1.36 bits per heavy atom. The maximum Gasteiger partial charge on any atom is 0.323 e. The lowest BCUT2D eigenvalue weighted by Gasteiger charge is -2.12. The van der Waals surface area contributed by atoms with Crippen molar-refractivity contribution in [2.45, 2.75) is 32.9 Å². The number of carbonyl (C=O) groups excluding carboxylic acids is 1. The monoisotopic (exact) mass is 181 g/mol. The first kappa shape index (κ1) is 13.3. The highest BCUT2D eigenvalue weighted by Gasteiger charge is 2.12. The number of nitrogens with one attached hydrogen (secondary N) is 1. The van der Waals surface area contributed by atoms with E-state index in [4.69, 9.17) is 4.74 Å². The highest BCUT2D eigenvalue weighted by atomic mass is 35.5. The average molecular weight is 182 g/mol. The van der Waals surface area contributed by atoms with E-state index in [0.717, 1.165) is 0 Å². The molecule has 1 atom stereocenters. The Balaban J connectivity index is 0. The summed E-state index contributed by atoms with van der Waals surface area (Å²) in [6, 6.07) is -0.206. The van der Waals surface area contributed by atoms with E-state index in [9.17, 15) is 4.79 Å². The van der Waals surface area contributed by atoms with Crippen LogP contribution in [0.4, 0.5) is 0 Å². The minimum absolute atomic E-state index is 0. The number of esters is 1. The zero-order valence-corrected chi connectivity index (χ0v) is 8.20. The zero-order valence-electron chi connectivity index (χ0n) is 7.38. The van der Waals surface area contributed by atoms with Gasteiger partial charge in [0.2, 0.25) is 0 Å². The first-order chi connectivity index (χ1) is 4.57. The minimum atomic E-state index is -0.206. The van der Waals surface area contributed by atoms with E-state index in [1.807, 2.05) is 13.8 Å². The molecule has 3 nitrogen and oxygen atoms in total. The van der Waals surface area contributed by atoms with E-state index in [1.165, 1.54) is 0 Å². The normalized spacial score (nSPS) is 12.1. The van der Waals surface area contributed by atoms with Crippen LogP contribution in [0.1, 0.15) is 20.8 Å². The number of halogens is 1. The Kier molecular flexibility index (Phi) is 7.79. The summed E-state index contributed by atoms with van der Waals surface area (Å²) >= 11 is 0. The molecule has 0 aliphatic rings. The van der Waals surface area contributed by atoms with Crippen LogP contribution in [0.15, 0.2) is 0 Å². The number of ether oxygens (including phenoxy) is 1. The molecule has 0 spiro atoms. The van der Waals surface area contributed by atoms with E-state index in [2.05, 4.69) is 5.32 Å². The van der Waals surface area contributed by atoms with Gasteiger partial charge in [0.15, 0.2) is 0 Å². The predicted octanol–water partition coefficient (Wildman–Crippen LogP) is 0.968. The van der Waals surface area contributed by atoms with Gasteiger partial charge in [-0.25, -0.2) is 0 Å². The van der Waals surface area contributed by atoms with Crippen molar-refractivity contribution in [2.75, 3.05) is 7.05 Å². The summed E-state index contributed by atoms with van der Waals surface area (Å²) in [7, 11) is 1.73. The lowest BCUT2D eigenvalue weighted by atomic mass is 10.3. The Morgan fingerprint density at radius 3 is 2.09 bits per heavy atom. The van der Waals surface area contributed by atoms with Crippen LogP contribution < -0.4 is 5.32 Å². The number of hydrogen-bond donors (Lipinski definition) is 1. The van der Waals surface area contributed by atoms with Crippen molar-refractivity contribution in [3.63, 3.8) is 0 Å². The van der Waals surface area contributed by atoms with Crippen molar-refractivity contribution < 1.29 is 9.53 Å². The van der Waals surface area contributed by atoms with Crippen LogP contribution in [0.25, 0.3) is 0 Å². The maximum atomic E-state index is 10.9. The van der Waals surface area contributed by atoms with Crippen molar-refractivity contribution in [3.05, 3.63) is 0 Å². The van der Waals surface area contributed by atoms with Crippen LogP contribution in [-0.2, 0) is 9.53 Å². The third-order valence-electron chi connectivity index (χ3n) is 1.14. The van der Waals surface area contributed by atoms with E-state index >= 15 is 0 Å². The Labute approximate surface area is 73.9 Å². The van der Waals surface area contributed by atoms with Gasteiger partial charge in [-0.3, -0.25) is 4.79 Å². The van der Waals surface area contributed by atoms with Gasteiger partial charge >= 0.3 is 5.97 Å². The molecule has 0 aromatic heterocycles. The van der Waals surface area contributed by atoms with Gasteiger partial charge in [0.05, 0.1) is 6.10 Å². The highest BCUT2D eigenvalue weighted by Crippen LogP contribution is 1.92. The Morgan fingerprint density at radius 2 is 1.82 bits per heavy atom. The van der Waals surface area contributed by atoms with Crippen LogP contribution in [-0.4, -0.2) is 25.2 Å². The number of hydrogen-bond acceptors (Lipinski definition) is 3.